The van der Waals surface area contributed by atoms with Crippen molar-refractivity contribution in [3.05, 3.63) is 29.8 Å². The van der Waals surface area contributed by atoms with Crippen molar-refractivity contribution in [2.75, 3.05) is 5.73 Å². The Hall–Kier alpha value is -1.95. The third-order valence-electron chi connectivity index (χ3n) is 1.57. The van der Waals surface area contributed by atoms with E-state index < -0.39 is 0 Å². The summed E-state index contributed by atoms with van der Waals surface area (Å²) in [6, 6.07) is 6.92. The van der Waals surface area contributed by atoms with Crippen LogP contribution >= 0.6 is 0 Å². The molecule has 1 rings (SSSR count). The lowest BCUT2D eigenvalue weighted by molar-refractivity contribution is 0.478. The number of nitrogen functional groups attached to an aromatic ring is 1. The quantitative estimate of drug-likeness (QED) is 0.531. The Labute approximate surface area is 76.7 Å². The van der Waals surface area contributed by atoms with E-state index >= 15 is 0 Å². The highest BCUT2D eigenvalue weighted by molar-refractivity contribution is 5.61. The Morgan fingerprint density at radius 1 is 1.54 bits per heavy atom. The average Bonchev–Trinajstić information content (AvgIpc) is 2.12. The van der Waals surface area contributed by atoms with Crippen molar-refractivity contribution in [1.29, 1.82) is 5.26 Å². The van der Waals surface area contributed by atoms with E-state index in [-0.39, 0.29) is 5.75 Å². The Morgan fingerprint density at radius 2 is 2.31 bits per heavy atom. The van der Waals surface area contributed by atoms with Crippen LogP contribution in [0.25, 0.3) is 6.08 Å². The van der Waals surface area contributed by atoms with E-state index in [1.54, 1.807) is 24.3 Å². The number of hydrogen-bond donors (Lipinski definition) is 2. The van der Waals surface area contributed by atoms with E-state index in [0.717, 1.165) is 5.56 Å². The van der Waals surface area contributed by atoms with E-state index in [0.29, 0.717) is 12.1 Å². The number of rotatable bonds is 2. The molecule has 0 radical (unpaired) electrons. The van der Waals surface area contributed by atoms with Gasteiger partial charge in [0.25, 0.3) is 0 Å². The first-order valence-corrected chi connectivity index (χ1v) is 3.86. The van der Waals surface area contributed by atoms with Crippen molar-refractivity contribution in [3.8, 4) is 11.8 Å². The Balaban J connectivity index is 2.81. The summed E-state index contributed by atoms with van der Waals surface area (Å²) >= 11 is 0. The van der Waals surface area contributed by atoms with E-state index in [9.17, 15) is 0 Å². The van der Waals surface area contributed by atoms with Gasteiger partial charge in [0.05, 0.1) is 18.2 Å². The molecule has 0 aromatic heterocycles. The maximum Gasteiger partial charge on any atom is 0.138 e. The lowest BCUT2D eigenvalue weighted by atomic mass is 10.1. The van der Waals surface area contributed by atoms with Gasteiger partial charge in [-0.3, -0.25) is 0 Å². The second-order valence-corrected chi connectivity index (χ2v) is 2.58. The molecule has 0 aliphatic rings. The molecule has 0 aliphatic heterocycles. The Morgan fingerprint density at radius 3 is 2.92 bits per heavy atom. The van der Waals surface area contributed by atoms with Crippen LogP contribution in [0.2, 0.25) is 0 Å². The number of anilines is 1. The standard InChI is InChI=1S/C10H10N2O/c11-6-2-1-3-8-4-5-10(13)9(12)7-8/h1,3-5,7,13H,2,12H2. The molecule has 3 heteroatoms. The van der Waals surface area contributed by atoms with Crippen LogP contribution in [0.3, 0.4) is 0 Å². The Bertz CT molecular complexity index is 364. The molecule has 0 saturated heterocycles. The molecule has 1 aromatic rings. The second kappa shape index (κ2) is 4.17. The largest absolute Gasteiger partial charge is 0.506 e. The molecule has 13 heavy (non-hydrogen) atoms. The summed E-state index contributed by atoms with van der Waals surface area (Å²) in [6.07, 6.45) is 3.91. The van der Waals surface area contributed by atoms with E-state index in [1.165, 1.54) is 6.07 Å². The fourth-order valence-electron chi connectivity index (χ4n) is 0.924. The normalized spacial score (nSPS) is 10.1. The predicted molar refractivity (Wildman–Crippen MR) is 51.8 cm³/mol. The average molecular weight is 174 g/mol. The molecule has 0 bridgehead atoms. The van der Waals surface area contributed by atoms with Crippen LogP contribution in [0.15, 0.2) is 24.3 Å². The molecule has 0 heterocycles. The fourth-order valence-corrected chi connectivity index (χ4v) is 0.924. The number of nitrogens with zero attached hydrogens (tertiary/aromatic N) is 1. The molecule has 3 nitrogen and oxygen atoms in total. The van der Waals surface area contributed by atoms with Crippen molar-refractivity contribution >= 4 is 11.8 Å². The molecule has 0 fully saturated rings. The van der Waals surface area contributed by atoms with Gasteiger partial charge in [0.15, 0.2) is 0 Å². The molecule has 66 valence electrons. The molecule has 0 saturated carbocycles. The zero-order valence-electron chi connectivity index (χ0n) is 7.07. The molecule has 0 unspecified atom stereocenters. The monoisotopic (exact) mass is 174 g/mol. The number of allylic oxidation sites excluding steroid dienone is 1. The van der Waals surface area contributed by atoms with Gasteiger partial charge >= 0.3 is 0 Å². The van der Waals surface area contributed by atoms with Crippen LogP contribution in [0.1, 0.15) is 12.0 Å². The number of nitrogens with two attached hydrogens (primary N) is 1. The maximum absolute atomic E-state index is 9.11. The highest BCUT2D eigenvalue weighted by Gasteiger charge is 1.94. The zero-order chi connectivity index (χ0) is 9.68. The second-order valence-electron chi connectivity index (χ2n) is 2.58. The number of hydrogen-bond acceptors (Lipinski definition) is 3. The third-order valence-corrected chi connectivity index (χ3v) is 1.57. The van der Waals surface area contributed by atoms with Gasteiger partial charge in [-0.15, -0.1) is 0 Å². The topological polar surface area (TPSA) is 70.0 Å². The van der Waals surface area contributed by atoms with Gasteiger partial charge in [0.1, 0.15) is 5.75 Å². The third kappa shape index (κ3) is 2.53. The molecule has 3 N–H and O–H groups in total. The van der Waals surface area contributed by atoms with Gasteiger partial charge in [0, 0.05) is 0 Å². The number of phenols is 1. The summed E-state index contributed by atoms with van der Waals surface area (Å²) in [5.74, 6) is 0.0810. The summed E-state index contributed by atoms with van der Waals surface area (Å²) in [6.45, 7) is 0. The summed E-state index contributed by atoms with van der Waals surface area (Å²) in [4.78, 5) is 0. The first-order chi connectivity index (χ1) is 6.24. The van der Waals surface area contributed by atoms with Crippen LogP contribution in [0.5, 0.6) is 5.75 Å². The first kappa shape index (κ1) is 9.14. The maximum atomic E-state index is 9.11. The summed E-state index contributed by atoms with van der Waals surface area (Å²) < 4.78 is 0. The van der Waals surface area contributed by atoms with Gasteiger partial charge < -0.3 is 10.8 Å². The van der Waals surface area contributed by atoms with Crippen LogP contribution in [0.4, 0.5) is 5.69 Å². The molecule has 0 atom stereocenters. The van der Waals surface area contributed by atoms with Crippen molar-refractivity contribution in [2.24, 2.45) is 0 Å². The molecule has 0 aliphatic carbocycles. The van der Waals surface area contributed by atoms with Crippen LogP contribution in [-0.4, -0.2) is 5.11 Å². The summed E-state index contributed by atoms with van der Waals surface area (Å²) in [5, 5.41) is 17.4. The van der Waals surface area contributed by atoms with Gasteiger partial charge in [-0.1, -0.05) is 18.2 Å². The minimum Gasteiger partial charge on any atom is -0.506 e. The van der Waals surface area contributed by atoms with E-state index in [1.807, 2.05) is 6.07 Å². The lowest BCUT2D eigenvalue weighted by Gasteiger charge is -1.98. The smallest absolute Gasteiger partial charge is 0.138 e. The van der Waals surface area contributed by atoms with Crippen LogP contribution in [0, 0.1) is 11.3 Å². The van der Waals surface area contributed by atoms with Crippen molar-refractivity contribution in [3.63, 3.8) is 0 Å². The molecular weight excluding hydrogens is 164 g/mol. The van der Waals surface area contributed by atoms with Gasteiger partial charge in [-0.2, -0.15) is 5.26 Å². The molecule has 0 amide bonds. The minimum atomic E-state index is 0.0810. The van der Waals surface area contributed by atoms with Gasteiger partial charge in [-0.25, -0.2) is 0 Å². The zero-order valence-corrected chi connectivity index (χ0v) is 7.07. The van der Waals surface area contributed by atoms with Crippen molar-refractivity contribution < 1.29 is 5.11 Å². The van der Waals surface area contributed by atoms with Gasteiger partial charge in [0.2, 0.25) is 0 Å². The SMILES string of the molecule is N#CCC=Cc1ccc(O)c(N)c1. The van der Waals surface area contributed by atoms with Crippen molar-refractivity contribution in [1.82, 2.24) is 0 Å². The Kier molecular flexibility index (Phi) is 2.93. The van der Waals surface area contributed by atoms with Crippen molar-refractivity contribution in [2.45, 2.75) is 6.42 Å². The predicted octanol–water partition coefficient (Wildman–Crippen LogP) is 1.90. The summed E-state index contributed by atoms with van der Waals surface area (Å²) in [5.41, 5.74) is 6.70. The number of aromatic hydroxyl groups is 1. The van der Waals surface area contributed by atoms with Crippen LogP contribution < -0.4 is 5.73 Å². The van der Waals surface area contributed by atoms with Gasteiger partial charge in [-0.05, 0) is 17.7 Å². The summed E-state index contributed by atoms with van der Waals surface area (Å²) in [7, 11) is 0. The highest BCUT2D eigenvalue weighted by Crippen LogP contribution is 2.20. The molecule has 0 spiro atoms. The minimum absolute atomic E-state index is 0.0810. The molecule has 1 aromatic carbocycles. The highest BCUT2D eigenvalue weighted by atomic mass is 16.3. The number of phenolic OH excluding ortho intramolecular Hbond substituents is 1. The first-order valence-electron chi connectivity index (χ1n) is 3.86. The number of nitriles is 1. The fraction of sp³-hybridized carbons (Fsp3) is 0.100. The van der Waals surface area contributed by atoms with E-state index in [2.05, 4.69) is 0 Å². The molecular formula is C10H10N2O. The lowest BCUT2D eigenvalue weighted by Crippen LogP contribution is -1.85. The number of benzene rings is 1. The van der Waals surface area contributed by atoms with E-state index in [4.69, 9.17) is 16.1 Å². The van der Waals surface area contributed by atoms with Crippen LogP contribution in [-0.2, 0) is 0 Å².